The molecule has 3 atom stereocenters. The maximum Gasteiger partial charge on any atom is 0.403 e. The number of halogens is 1. The highest BCUT2D eigenvalue weighted by atomic mass is 79.9. The maximum absolute atomic E-state index is 12.7. The zero-order valence-electron chi connectivity index (χ0n) is 20.8. The third kappa shape index (κ3) is 15.3. The van der Waals surface area contributed by atoms with Gasteiger partial charge >= 0.3 is 7.75 Å². The number of carbonyl (C=O) groups is 1. The molecular formula is C25H44BrN2O5P. The fourth-order valence-corrected chi connectivity index (χ4v) is 4.90. The quantitative estimate of drug-likeness (QED) is 0.0951. The van der Waals surface area contributed by atoms with Gasteiger partial charge in [0.2, 0.25) is 5.91 Å². The van der Waals surface area contributed by atoms with Crippen molar-refractivity contribution >= 4 is 29.6 Å². The van der Waals surface area contributed by atoms with Crippen LogP contribution in [0.15, 0.2) is 30.3 Å². The fraction of sp³-hybridized carbons (Fsp3) is 0.720. The second-order valence-electron chi connectivity index (χ2n) is 8.57. The number of hydrogen-bond acceptors (Lipinski definition) is 4. The normalized spacial score (nSPS) is 14.9. The molecule has 196 valence electrons. The molecule has 0 fully saturated rings. The van der Waals surface area contributed by atoms with Gasteiger partial charge in [-0.25, -0.2) is 9.65 Å². The third-order valence-electron chi connectivity index (χ3n) is 5.56. The molecule has 1 rings (SSSR count). The van der Waals surface area contributed by atoms with Gasteiger partial charge in [-0.1, -0.05) is 105 Å². The topological polar surface area (TPSA) is 96.9 Å². The van der Waals surface area contributed by atoms with Gasteiger partial charge in [-0.3, -0.25) is 9.32 Å². The largest absolute Gasteiger partial charge is 0.403 e. The zero-order valence-corrected chi connectivity index (χ0v) is 23.3. The Labute approximate surface area is 214 Å². The lowest BCUT2D eigenvalue weighted by atomic mass is 10.0. The van der Waals surface area contributed by atoms with Crippen molar-refractivity contribution in [2.24, 2.45) is 0 Å². The smallest absolute Gasteiger partial charge is 0.371 e. The van der Waals surface area contributed by atoms with E-state index >= 15 is 0 Å². The van der Waals surface area contributed by atoms with Crippen LogP contribution in [-0.4, -0.2) is 41.4 Å². The highest BCUT2D eigenvalue weighted by molar-refractivity contribution is 9.09. The molecule has 7 nitrogen and oxygen atoms in total. The molecule has 0 saturated carbocycles. The molecule has 0 bridgehead atoms. The van der Waals surface area contributed by atoms with Gasteiger partial charge in [0.05, 0.1) is 25.4 Å². The van der Waals surface area contributed by atoms with Gasteiger partial charge in [0.15, 0.2) is 0 Å². The lowest BCUT2D eigenvalue weighted by molar-refractivity contribution is -0.123. The number of alkyl halides is 1. The third-order valence-corrected chi connectivity index (χ3v) is 6.99. The van der Waals surface area contributed by atoms with Crippen LogP contribution in [0.3, 0.4) is 0 Å². The van der Waals surface area contributed by atoms with E-state index in [0.717, 1.165) is 44.1 Å². The first-order valence-electron chi connectivity index (χ1n) is 12.6. The molecule has 0 aliphatic rings. The van der Waals surface area contributed by atoms with Crippen molar-refractivity contribution in [3.05, 3.63) is 35.9 Å². The predicted molar refractivity (Wildman–Crippen MR) is 142 cm³/mol. The number of nitrogens with one attached hydrogen (secondary N) is 2. The van der Waals surface area contributed by atoms with E-state index in [1.807, 2.05) is 30.3 Å². The number of benzene rings is 1. The average molecular weight is 564 g/mol. The molecule has 1 aromatic carbocycles. The molecule has 1 amide bonds. The molecule has 3 N–H and O–H groups in total. The molecule has 0 saturated heterocycles. The van der Waals surface area contributed by atoms with Crippen LogP contribution < -0.4 is 10.4 Å². The summed E-state index contributed by atoms with van der Waals surface area (Å²) < 4.78 is 23.7. The summed E-state index contributed by atoms with van der Waals surface area (Å²) >= 11 is 3.19. The van der Waals surface area contributed by atoms with Crippen molar-refractivity contribution in [1.82, 2.24) is 10.4 Å². The Balaban J connectivity index is 2.89. The van der Waals surface area contributed by atoms with E-state index in [0.29, 0.717) is 18.4 Å². The van der Waals surface area contributed by atoms with Gasteiger partial charge in [-0.15, -0.1) is 0 Å². The second-order valence-corrected chi connectivity index (χ2v) is 11.0. The lowest BCUT2D eigenvalue weighted by Gasteiger charge is -2.29. The molecular weight excluding hydrogens is 519 g/mol. The summed E-state index contributed by atoms with van der Waals surface area (Å²) in [5.41, 5.74) is 1.05. The maximum atomic E-state index is 12.7. The summed E-state index contributed by atoms with van der Waals surface area (Å²) in [5, 5.41) is 6.15. The SMILES string of the molecule is CCCCCCC[C@@H](OCc1ccccc1)[C@H](CNP(=O)(O)OCCBr)NC(=O)CCCCC. The Morgan fingerprint density at radius 2 is 1.74 bits per heavy atom. The van der Waals surface area contributed by atoms with E-state index in [1.54, 1.807) is 0 Å². The van der Waals surface area contributed by atoms with Gasteiger partial charge in [-0.05, 0) is 18.4 Å². The number of unbranched alkanes of at least 4 members (excludes halogenated alkanes) is 6. The van der Waals surface area contributed by atoms with E-state index in [-0.39, 0.29) is 25.2 Å². The molecule has 0 aliphatic heterocycles. The molecule has 0 aromatic heterocycles. The molecule has 0 spiro atoms. The number of ether oxygens (including phenoxy) is 1. The first-order valence-corrected chi connectivity index (χ1v) is 15.3. The number of amides is 1. The molecule has 0 aliphatic carbocycles. The Kier molecular flexibility index (Phi) is 17.9. The van der Waals surface area contributed by atoms with Crippen LogP contribution in [0.2, 0.25) is 0 Å². The Bertz CT molecular complexity index is 695. The van der Waals surface area contributed by atoms with Crippen molar-refractivity contribution in [3.63, 3.8) is 0 Å². The van der Waals surface area contributed by atoms with E-state index in [1.165, 1.54) is 19.3 Å². The monoisotopic (exact) mass is 562 g/mol. The van der Waals surface area contributed by atoms with E-state index in [2.05, 4.69) is 40.2 Å². The van der Waals surface area contributed by atoms with Crippen LogP contribution in [0.25, 0.3) is 0 Å². The van der Waals surface area contributed by atoms with Crippen molar-refractivity contribution in [1.29, 1.82) is 0 Å². The first kappa shape index (κ1) is 31.3. The number of carbonyl (C=O) groups excluding carboxylic acids is 1. The van der Waals surface area contributed by atoms with Crippen LogP contribution in [0.1, 0.15) is 83.6 Å². The zero-order chi connectivity index (χ0) is 25.1. The van der Waals surface area contributed by atoms with Crippen molar-refractivity contribution in [2.45, 2.75) is 96.8 Å². The van der Waals surface area contributed by atoms with E-state index in [4.69, 9.17) is 9.26 Å². The Hall–Kier alpha value is -0.760. The highest BCUT2D eigenvalue weighted by Crippen LogP contribution is 2.36. The standard InChI is InChI=1S/C25H44BrN2O5P/c1-3-5-7-8-13-16-24(32-21-22-14-11-9-12-15-22)23(28-25(29)17-10-6-4-2)20-27-34(30,31)33-19-18-26/h9,11-12,14-15,23-24H,3-8,10,13,16-21H2,1-2H3,(H,28,29)(H2,27,30,31)/t23-,24+/m0/s1. The van der Waals surface area contributed by atoms with Crippen molar-refractivity contribution in [3.8, 4) is 0 Å². The van der Waals surface area contributed by atoms with Gasteiger partial charge in [0.1, 0.15) is 0 Å². The van der Waals surface area contributed by atoms with Crippen molar-refractivity contribution < 1.29 is 23.5 Å². The second kappa shape index (κ2) is 19.4. The van der Waals surface area contributed by atoms with E-state index in [9.17, 15) is 14.3 Å². The average Bonchev–Trinajstić information content (AvgIpc) is 2.83. The lowest BCUT2D eigenvalue weighted by Crippen LogP contribution is -2.49. The summed E-state index contributed by atoms with van der Waals surface area (Å²) in [6.45, 7) is 4.90. The summed E-state index contributed by atoms with van der Waals surface area (Å²) in [6, 6.07) is 9.46. The highest BCUT2D eigenvalue weighted by Gasteiger charge is 2.28. The molecule has 1 unspecified atom stereocenters. The first-order chi connectivity index (χ1) is 16.4. The van der Waals surface area contributed by atoms with Crippen LogP contribution in [0.4, 0.5) is 0 Å². The summed E-state index contributed by atoms with van der Waals surface area (Å²) in [4.78, 5) is 22.8. The minimum absolute atomic E-state index is 0.0614. The molecule has 1 aromatic rings. The van der Waals surface area contributed by atoms with Crippen molar-refractivity contribution in [2.75, 3.05) is 18.5 Å². The van der Waals surface area contributed by atoms with Gasteiger partial charge < -0.3 is 14.9 Å². The number of rotatable bonds is 21. The van der Waals surface area contributed by atoms with Crippen LogP contribution in [0.5, 0.6) is 0 Å². The minimum Gasteiger partial charge on any atom is -0.371 e. The Morgan fingerprint density at radius 3 is 2.41 bits per heavy atom. The number of hydrogen-bond donors (Lipinski definition) is 3. The Morgan fingerprint density at radius 1 is 1.06 bits per heavy atom. The molecule has 9 heteroatoms. The van der Waals surface area contributed by atoms with Crippen LogP contribution in [0, 0.1) is 0 Å². The van der Waals surface area contributed by atoms with Crippen LogP contribution in [-0.2, 0) is 25.2 Å². The fourth-order valence-electron chi connectivity index (χ4n) is 3.63. The molecule has 34 heavy (non-hydrogen) atoms. The molecule has 0 heterocycles. The van der Waals surface area contributed by atoms with E-state index < -0.39 is 13.8 Å². The molecule has 0 radical (unpaired) electrons. The predicted octanol–water partition coefficient (Wildman–Crippen LogP) is 6.10. The summed E-state index contributed by atoms with van der Waals surface area (Å²) in [5.74, 6) is -0.0614. The van der Waals surface area contributed by atoms with Gasteiger partial charge in [0.25, 0.3) is 0 Å². The summed E-state index contributed by atoms with van der Waals surface area (Å²) in [6.07, 6.45) is 9.37. The van der Waals surface area contributed by atoms with Gasteiger partial charge in [0, 0.05) is 18.3 Å². The van der Waals surface area contributed by atoms with Crippen LogP contribution >= 0.6 is 23.7 Å². The van der Waals surface area contributed by atoms with Gasteiger partial charge in [-0.2, -0.15) is 0 Å². The minimum atomic E-state index is -3.98. The summed E-state index contributed by atoms with van der Waals surface area (Å²) in [7, 11) is -3.98.